The Kier molecular flexibility index (Phi) is 6.98. The van der Waals surface area contributed by atoms with Crippen LogP contribution in [0.5, 0.6) is 0 Å². The second kappa shape index (κ2) is 8.27. The molecule has 102 valence electrons. The number of anilines is 1. The van der Waals surface area contributed by atoms with Crippen molar-refractivity contribution < 1.29 is 5.11 Å². The van der Waals surface area contributed by atoms with Gasteiger partial charge in [-0.15, -0.1) is 0 Å². The Balaban J connectivity index is 2.37. The fourth-order valence-electron chi connectivity index (χ4n) is 1.59. The van der Waals surface area contributed by atoms with Gasteiger partial charge >= 0.3 is 0 Å². The number of nitrogens with one attached hydrogen (secondary N) is 1. The molecule has 5 heteroatoms. The lowest BCUT2D eigenvalue weighted by molar-refractivity contribution is 0.283. The van der Waals surface area contributed by atoms with Crippen LogP contribution in [0.3, 0.4) is 0 Å². The number of rotatable bonds is 8. The van der Waals surface area contributed by atoms with E-state index in [4.69, 9.17) is 16.7 Å². The number of hydrogen-bond acceptors (Lipinski definition) is 4. The highest BCUT2D eigenvalue weighted by Crippen LogP contribution is 2.17. The average Bonchev–Trinajstić information content (AvgIpc) is 2.33. The molecule has 1 heterocycles. The van der Waals surface area contributed by atoms with Gasteiger partial charge in [0.1, 0.15) is 16.8 Å². The van der Waals surface area contributed by atoms with E-state index >= 15 is 0 Å². The highest BCUT2D eigenvalue weighted by atomic mass is 35.5. The molecule has 0 saturated carbocycles. The molecule has 0 spiro atoms. The minimum absolute atomic E-state index is 0.272. The van der Waals surface area contributed by atoms with Gasteiger partial charge < -0.3 is 10.4 Å². The van der Waals surface area contributed by atoms with E-state index in [1.54, 1.807) is 6.07 Å². The van der Waals surface area contributed by atoms with Gasteiger partial charge in [0.25, 0.3) is 0 Å². The van der Waals surface area contributed by atoms with Crippen molar-refractivity contribution in [3.63, 3.8) is 0 Å². The molecule has 4 nitrogen and oxygen atoms in total. The molecule has 0 radical (unpaired) electrons. The van der Waals surface area contributed by atoms with Crippen molar-refractivity contribution in [3.05, 3.63) is 17.0 Å². The fraction of sp³-hybridized carbons (Fsp3) is 0.692. The highest BCUT2D eigenvalue weighted by Gasteiger charge is 2.06. The molecule has 0 aliphatic carbocycles. The van der Waals surface area contributed by atoms with Crippen LogP contribution in [-0.4, -0.2) is 28.2 Å². The quantitative estimate of drug-likeness (QED) is 0.563. The summed E-state index contributed by atoms with van der Waals surface area (Å²) in [4.78, 5) is 8.61. The Morgan fingerprint density at radius 2 is 1.94 bits per heavy atom. The van der Waals surface area contributed by atoms with Gasteiger partial charge in [-0.05, 0) is 12.8 Å². The Morgan fingerprint density at radius 1 is 1.22 bits per heavy atom. The summed E-state index contributed by atoms with van der Waals surface area (Å²) in [6, 6.07) is 1.75. The van der Waals surface area contributed by atoms with Crippen LogP contribution in [-0.2, 0) is 0 Å². The molecule has 0 atom stereocenters. The first-order valence-corrected chi connectivity index (χ1v) is 6.90. The van der Waals surface area contributed by atoms with Crippen molar-refractivity contribution in [2.75, 3.05) is 18.5 Å². The van der Waals surface area contributed by atoms with E-state index < -0.39 is 0 Å². The normalized spacial score (nSPS) is 10.9. The highest BCUT2D eigenvalue weighted by molar-refractivity contribution is 6.29. The number of halogens is 1. The maximum absolute atomic E-state index is 8.67. The Bertz CT molecular complexity index is 358. The van der Waals surface area contributed by atoms with Crippen LogP contribution in [0.15, 0.2) is 6.07 Å². The zero-order chi connectivity index (χ0) is 13.4. The Labute approximate surface area is 114 Å². The SMILES string of the molecule is CC(C)c1nc(Cl)cc(NCCCCCCO)n1. The number of aromatic nitrogens is 2. The van der Waals surface area contributed by atoms with Gasteiger partial charge in [-0.3, -0.25) is 0 Å². The monoisotopic (exact) mass is 271 g/mol. The number of nitrogens with zero attached hydrogens (tertiary/aromatic N) is 2. The lowest BCUT2D eigenvalue weighted by atomic mass is 10.2. The fourth-order valence-corrected chi connectivity index (χ4v) is 1.78. The molecule has 0 aromatic carbocycles. The van der Waals surface area contributed by atoms with E-state index in [9.17, 15) is 0 Å². The second-order valence-corrected chi connectivity index (χ2v) is 5.04. The molecule has 18 heavy (non-hydrogen) atoms. The molecule has 1 aromatic rings. The first-order chi connectivity index (χ1) is 8.63. The summed E-state index contributed by atoms with van der Waals surface area (Å²) in [6.45, 7) is 5.25. The summed E-state index contributed by atoms with van der Waals surface area (Å²) < 4.78 is 0. The predicted molar refractivity (Wildman–Crippen MR) is 75.2 cm³/mol. The smallest absolute Gasteiger partial charge is 0.135 e. The topological polar surface area (TPSA) is 58.0 Å². The molecular weight excluding hydrogens is 250 g/mol. The number of aliphatic hydroxyl groups is 1. The maximum Gasteiger partial charge on any atom is 0.135 e. The van der Waals surface area contributed by atoms with Crippen molar-refractivity contribution in [2.24, 2.45) is 0 Å². The summed E-state index contributed by atoms with van der Waals surface area (Å²) in [7, 11) is 0. The molecule has 0 saturated heterocycles. The van der Waals surface area contributed by atoms with Gasteiger partial charge in [-0.2, -0.15) is 0 Å². The van der Waals surface area contributed by atoms with Gasteiger partial charge in [0.2, 0.25) is 0 Å². The molecular formula is C13H22ClN3O. The first kappa shape index (κ1) is 15.2. The largest absolute Gasteiger partial charge is 0.396 e. The zero-order valence-corrected chi connectivity index (χ0v) is 11.9. The molecule has 0 fully saturated rings. The number of hydrogen-bond donors (Lipinski definition) is 2. The second-order valence-electron chi connectivity index (χ2n) is 4.65. The molecule has 1 aromatic heterocycles. The van der Waals surface area contributed by atoms with Crippen LogP contribution in [0.25, 0.3) is 0 Å². The molecule has 2 N–H and O–H groups in total. The third-order valence-corrected chi connectivity index (χ3v) is 2.81. The molecule has 0 amide bonds. The molecule has 0 aliphatic rings. The summed E-state index contributed by atoms with van der Waals surface area (Å²) in [5.74, 6) is 1.83. The molecule has 0 aliphatic heterocycles. The lowest BCUT2D eigenvalue weighted by Crippen LogP contribution is -2.07. The van der Waals surface area contributed by atoms with E-state index in [-0.39, 0.29) is 12.5 Å². The first-order valence-electron chi connectivity index (χ1n) is 6.52. The molecule has 0 unspecified atom stereocenters. The summed E-state index contributed by atoms with van der Waals surface area (Å²) in [6.07, 6.45) is 4.14. The van der Waals surface area contributed by atoms with Crippen LogP contribution >= 0.6 is 11.6 Å². The van der Waals surface area contributed by atoms with Gasteiger partial charge in [-0.1, -0.05) is 38.3 Å². The third-order valence-electron chi connectivity index (χ3n) is 2.62. The predicted octanol–water partition coefficient (Wildman–Crippen LogP) is 3.22. The van der Waals surface area contributed by atoms with Gasteiger partial charge in [0.05, 0.1) is 0 Å². The van der Waals surface area contributed by atoms with Gasteiger partial charge in [-0.25, -0.2) is 9.97 Å². The van der Waals surface area contributed by atoms with Crippen molar-refractivity contribution in [1.82, 2.24) is 9.97 Å². The summed E-state index contributed by atoms with van der Waals surface area (Å²) in [5.41, 5.74) is 0. The van der Waals surface area contributed by atoms with Crippen LogP contribution in [0.1, 0.15) is 51.3 Å². The standard InChI is InChI=1S/C13H22ClN3O/c1-10(2)13-16-11(14)9-12(17-13)15-7-5-3-4-6-8-18/h9-10,18H,3-8H2,1-2H3,(H,15,16,17). The van der Waals surface area contributed by atoms with Crippen LogP contribution in [0.4, 0.5) is 5.82 Å². The lowest BCUT2D eigenvalue weighted by Gasteiger charge is -2.09. The van der Waals surface area contributed by atoms with Crippen LogP contribution in [0, 0.1) is 0 Å². The van der Waals surface area contributed by atoms with E-state index in [2.05, 4.69) is 15.3 Å². The van der Waals surface area contributed by atoms with Crippen molar-refractivity contribution in [3.8, 4) is 0 Å². The number of unbranched alkanes of at least 4 members (excludes halogenated alkanes) is 3. The van der Waals surface area contributed by atoms with Crippen molar-refractivity contribution in [1.29, 1.82) is 0 Å². The number of aliphatic hydroxyl groups excluding tert-OH is 1. The maximum atomic E-state index is 8.67. The Morgan fingerprint density at radius 3 is 2.61 bits per heavy atom. The zero-order valence-electron chi connectivity index (χ0n) is 11.1. The minimum Gasteiger partial charge on any atom is -0.396 e. The van der Waals surface area contributed by atoms with Crippen LogP contribution in [0.2, 0.25) is 5.15 Å². The van der Waals surface area contributed by atoms with E-state index in [1.807, 2.05) is 13.8 Å². The van der Waals surface area contributed by atoms with Crippen LogP contribution < -0.4 is 5.32 Å². The Hall–Kier alpha value is -0.870. The summed E-state index contributed by atoms with van der Waals surface area (Å²) in [5, 5.41) is 12.4. The van der Waals surface area contributed by atoms with E-state index in [1.165, 1.54) is 0 Å². The third kappa shape index (κ3) is 5.65. The van der Waals surface area contributed by atoms with E-state index in [0.29, 0.717) is 5.15 Å². The van der Waals surface area contributed by atoms with E-state index in [0.717, 1.165) is 43.9 Å². The molecule has 1 rings (SSSR count). The molecule has 0 bridgehead atoms. The van der Waals surface area contributed by atoms with Gasteiger partial charge in [0, 0.05) is 25.1 Å². The van der Waals surface area contributed by atoms with Crippen molar-refractivity contribution in [2.45, 2.75) is 45.4 Å². The van der Waals surface area contributed by atoms with Crippen molar-refractivity contribution >= 4 is 17.4 Å². The minimum atomic E-state index is 0.272. The summed E-state index contributed by atoms with van der Waals surface area (Å²) >= 11 is 5.96. The average molecular weight is 272 g/mol. The van der Waals surface area contributed by atoms with Gasteiger partial charge in [0.15, 0.2) is 0 Å².